The van der Waals surface area contributed by atoms with Crippen molar-refractivity contribution in [3.05, 3.63) is 74.8 Å². The van der Waals surface area contributed by atoms with Crippen LogP contribution in [-0.4, -0.2) is 33.4 Å². The molecule has 7 heteroatoms. The van der Waals surface area contributed by atoms with Gasteiger partial charge in [0, 0.05) is 26.1 Å². The maximum Gasteiger partial charge on any atom is 0.262 e. The zero-order valence-electron chi connectivity index (χ0n) is 16.9. The Kier molecular flexibility index (Phi) is 6.40. The summed E-state index contributed by atoms with van der Waals surface area (Å²) in [6, 6.07) is 15.6. The van der Waals surface area contributed by atoms with Gasteiger partial charge in [-0.2, -0.15) is 0 Å². The lowest BCUT2D eigenvalue weighted by atomic mass is 10.1. The summed E-state index contributed by atoms with van der Waals surface area (Å²) in [6.45, 7) is 4.08. The van der Waals surface area contributed by atoms with Crippen LogP contribution in [0.2, 0.25) is 0 Å². The molecule has 2 aromatic carbocycles. The van der Waals surface area contributed by atoms with Gasteiger partial charge in [-0.05, 0) is 61.4 Å². The molecule has 1 amide bonds. The average Bonchev–Trinajstić information content (AvgIpc) is 3.26. The van der Waals surface area contributed by atoms with Crippen molar-refractivity contribution in [1.82, 2.24) is 19.8 Å². The fourth-order valence-electron chi connectivity index (χ4n) is 3.87. The van der Waals surface area contributed by atoms with Gasteiger partial charge in [-0.3, -0.25) is 19.1 Å². The molecule has 0 atom stereocenters. The molecule has 1 aromatic heterocycles. The molecule has 0 bridgehead atoms. The van der Waals surface area contributed by atoms with Gasteiger partial charge in [-0.1, -0.05) is 36.4 Å². The second-order valence-corrected chi connectivity index (χ2v) is 8.15. The molecule has 1 saturated heterocycles. The first-order valence-electron chi connectivity index (χ1n) is 10.4. The fourth-order valence-corrected chi connectivity index (χ4v) is 4.15. The number of carbonyl (C=O) groups excluding carboxylic acids is 1. The molecule has 0 saturated carbocycles. The minimum Gasteiger partial charge on any atom is -0.352 e. The van der Waals surface area contributed by atoms with Crippen molar-refractivity contribution in [3.8, 4) is 0 Å². The van der Waals surface area contributed by atoms with E-state index < -0.39 is 0 Å². The van der Waals surface area contributed by atoms with Crippen molar-refractivity contribution >= 4 is 29.0 Å². The highest BCUT2D eigenvalue weighted by atomic mass is 32.1. The van der Waals surface area contributed by atoms with Gasteiger partial charge in [0.15, 0.2) is 4.77 Å². The van der Waals surface area contributed by atoms with Crippen LogP contribution < -0.4 is 10.9 Å². The monoisotopic (exact) mass is 422 g/mol. The van der Waals surface area contributed by atoms with Crippen molar-refractivity contribution in [2.24, 2.45) is 0 Å². The summed E-state index contributed by atoms with van der Waals surface area (Å²) >= 11 is 5.30. The highest BCUT2D eigenvalue weighted by Gasteiger charge is 2.12. The molecule has 156 valence electrons. The standard InChI is InChI=1S/C23H26N4O2S/c28-21(11-14-27-22(29)19-5-1-2-6-20(19)25-23(27)30)24-15-17-7-9-18(10-8-17)16-26-12-3-4-13-26/h1-2,5-10H,3-4,11-16H2,(H,24,28)(H,25,30). The van der Waals surface area contributed by atoms with E-state index >= 15 is 0 Å². The number of aromatic nitrogens is 2. The third-order valence-corrected chi connectivity index (χ3v) is 5.89. The molecule has 2 N–H and O–H groups in total. The quantitative estimate of drug-likeness (QED) is 0.573. The van der Waals surface area contributed by atoms with Gasteiger partial charge >= 0.3 is 0 Å². The van der Waals surface area contributed by atoms with Crippen LogP contribution in [0.1, 0.15) is 30.4 Å². The number of likely N-dealkylation sites (tertiary alicyclic amines) is 1. The van der Waals surface area contributed by atoms with Crippen molar-refractivity contribution in [1.29, 1.82) is 0 Å². The molecular weight excluding hydrogens is 396 g/mol. The summed E-state index contributed by atoms with van der Waals surface area (Å²) < 4.78 is 1.78. The Morgan fingerprint density at radius 1 is 1.03 bits per heavy atom. The first-order chi connectivity index (χ1) is 14.6. The number of H-pyrrole nitrogens is 1. The van der Waals surface area contributed by atoms with Gasteiger partial charge in [-0.15, -0.1) is 0 Å². The van der Waals surface area contributed by atoms with E-state index in [2.05, 4.69) is 39.5 Å². The molecular formula is C23H26N4O2S. The summed E-state index contributed by atoms with van der Waals surface area (Å²) in [5, 5.41) is 3.50. The summed E-state index contributed by atoms with van der Waals surface area (Å²) in [5.41, 5.74) is 2.91. The lowest BCUT2D eigenvalue weighted by molar-refractivity contribution is -0.121. The molecule has 0 spiro atoms. The van der Waals surface area contributed by atoms with Crippen LogP contribution in [0.3, 0.4) is 0 Å². The Bertz CT molecular complexity index is 1140. The van der Waals surface area contributed by atoms with E-state index in [9.17, 15) is 9.59 Å². The Morgan fingerprint density at radius 2 is 1.73 bits per heavy atom. The highest BCUT2D eigenvalue weighted by Crippen LogP contribution is 2.13. The number of para-hydroxylation sites is 1. The van der Waals surface area contributed by atoms with Crippen LogP contribution >= 0.6 is 12.2 Å². The maximum absolute atomic E-state index is 12.6. The molecule has 0 aliphatic carbocycles. The number of nitrogens with one attached hydrogen (secondary N) is 2. The zero-order valence-corrected chi connectivity index (χ0v) is 17.7. The molecule has 1 aliphatic heterocycles. The molecule has 6 nitrogen and oxygen atoms in total. The van der Waals surface area contributed by atoms with E-state index in [4.69, 9.17) is 12.2 Å². The number of benzene rings is 2. The van der Waals surface area contributed by atoms with Crippen LogP contribution in [0.5, 0.6) is 0 Å². The van der Waals surface area contributed by atoms with Crippen LogP contribution in [0.15, 0.2) is 53.3 Å². The molecule has 0 radical (unpaired) electrons. The van der Waals surface area contributed by atoms with Crippen molar-refractivity contribution in [2.75, 3.05) is 13.1 Å². The molecule has 0 unspecified atom stereocenters. The van der Waals surface area contributed by atoms with Crippen LogP contribution in [0.25, 0.3) is 10.9 Å². The van der Waals surface area contributed by atoms with Crippen LogP contribution in [0, 0.1) is 4.77 Å². The number of carbonyl (C=O) groups is 1. The number of nitrogens with zero attached hydrogens (tertiary/aromatic N) is 2. The minimum atomic E-state index is -0.171. The highest BCUT2D eigenvalue weighted by molar-refractivity contribution is 7.71. The van der Waals surface area contributed by atoms with Gasteiger partial charge in [0.05, 0.1) is 10.9 Å². The summed E-state index contributed by atoms with van der Waals surface area (Å²) in [4.78, 5) is 30.5. The number of amides is 1. The third kappa shape index (κ3) is 4.86. The first-order valence-corrected chi connectivity index (χ1v) is 10.8. The Hall–Kier alpha value is -2.77. The second kappa shape index (κ2) is 9.36. The maximum atomic E-state index is 12.6. The lowest BCUT2D eigenvalue weighted by Crippen LogP contribution is -2.28. The van der Waals surface area contributed by atoms with E-state index in [1.54, 1.807) is 6.07 Å². The van der Waals surface area contributed by atoms with E-state index in [0.717, 1.165) is 12.1 Å². The second-order valence-electron chi connectivity index (χ2n) is 7.76. The summed E-state index contributed by atoms with van der Waals surface area (Å²) in [7, 11) is 0. The number of aromatic amines is 1. The SMILES string of the molecule is O=C(CCn1c(=S)[nH]c2ccccc2c1=O)NCc1ccc(CN2CCCC2)cc1. The minimum absolute atomic E-state index is 0.106. The summed E-state index contributed by atoms with van der Waals surface area (Å²) in [5.74, 6) is -0.106. The van der Waals surface area contributed by atoms with E-state index in [-0.39, 0.29) is 24.4 Å². The number of fused-ring (bicyclic) bond motifs is 1. The number of hydrogen-bond acceptors (Lipinski definition) is 4. The summed E-state index contributed by atoms with van der Waals surface area (Å²) in [6.07, 6.45) is 2.78. The third-order valence-electron chi connectivity index (χ3n) is 5.57. The normalized spacial score (nSPS) is 14.3. The molecule has 1 aliphatic rings. The average molecular weight is 423 g/mol. The molecule has 2 heterocycles. The van der Waals surface area contributed by atoms with Crippen molar-refractivity contribution < 1.29 is 4.79 Å². The predicted octanol–water partition coefficient (Wildman–Crippen LogP) is 3.36. The van der Waals surface area contributed by atoms with Gasteiger partial charge in [0.1, 0.15) is 0 Å². The van der Waals surface area contributed by atoms with Crippen molar-refractivity contribution in [3.63, 3.8) is 0 Å². The van der Waals surface area contributed by atoms with Gasteiger partial charge in [0.25, 0.3) is 5.56 Å². The van der Waals surface area contributed by atoms with Gasteiger partial charge in [0.2, 0.25) is 5.91 Å². The van der Waals surface area contributed by atoms with Crippen LogP contribution in [0.4, 0.5) is 0 Å². The Labute approximate surface area is 180 Å². The number of hydrogen-bond donors (Lipinski definition) is 2. The van der Waals surface area contributed by atoms with E-state index in [1.165, 1.54) is 36.1 Å². The van der Waals surface area contributed by atoms with Gasteiger partial charge < -0.3 is 10.3 Å². The van der Waals surface area contributed by atoms with Crippen molar-refractivity contribution in [2.45, 2.75) is 38.9 Å². The topological polar surface area (TPSA) is 70.1 Å². The lowest BCUT2D eigenvalue weighted by Gasteiger charge is -2.14. The van der Waals surface area contributed by atoms with E-state index in [1.807, 2.05) is 18.2 Å². The Morgan fingerprint density at radius 3 is 2.50 bits per heavy atom. The predicted molar refractivity (Wildman–Crippen MR) is 121 cm³/mol. The fraction of sp³-hybridized carbons (Fsp3) is 0.348. The van der Waals surface area contributed by atoms with E-state index in [0.29, 0.717) is 22.2 Å². The zero-order chi connectivity index (χ0) is 20.9. The smallest absolute Gasteiger partial charge is 0.262 e. The molecule has 30 heavy (non-hydrogen) atoms. The molecule has 3 aromatic rings. The largest absolute Gasteiger partial charge is 0.352 e. The van der Waals surface area contributed by atoms with Gasteiger partial charge in [-0.25, -0.2) is 0 Å². The molecule has 4 rings (SSSR count). The first kappa shape index (κ1) is 20.5. The number of rotatable bonds is 7. The molecule has 1 fully saturated rings. The Balaban J connectivity index is 1.30. The van der Waals surface area contributed by atoms with Crippen LogP contribution in [-0.2, 0) is 24.4 Å².